The number of hydrogen-bond acceptors (Lipinski definition) is 6. The van der Waals surface area contributed by atoms with Crippen molar-refractivity contribution in [2.75, 3.05) is 6.26 Å². The van der Waals surface area contributed by atoms with Crippen LogP contribution < -0.4 is 16.0 Å². The first-order chi connectivity index (χ1) is 16.2. The zero-order valence-corrected chi connectivity index (χ0v) is 19.2. The number of rotatable bonds is 8. The molecule has 1 atom stereocenters. The summed E-state index contributed by atoms with van der Waals surface area (Å²) in [4.78, 5) is 28.2. The molecular weight excluding hydrogens is 454 g/mol. The number of pyridine rings is 2. The van der Waals surface area contributed by atoms with Gasteiger partial charge in [-0.05, 0) is 53.9 Å². The van der Waals surface area contributed by atoms with E-state index in [4.69, 9.17) is 10.5 Å². The van der Waals surface area contributed by atoms with Crippen molar-refractivity contribution in [2.45, 2.75) is 18.2 Å². The van der Waals surface area contributed by atoms with Gasteiger partial charge in [0.1, 0.15) is 16.9 Å². The Kier molecular flexibility index (Phi) is 6.47. The summed E-state index contributed by atoms with van der Waals surface area (Å²) < 4.78 is 31.5. The van der Waals surface area contributed by atoms with Gasteiger partial charge >= 0.3 is 0 Å². The lowest BCUT2D eigenvalue weighted by molar-refractivity contribution is -0.118. The molecule has 4 aromatic rings. The first-order valence-electron chi connectivity index (χ1n) is 10.5. The van der Waals surface area contributed by atoms with E-state index < -0.39 is 26.7 Å². The van der Waals surface area contributed by atoms with Crippen LogP contribution in [0.15, 0.2) is 83.9 Å². The highest BCUT2D eigenvalue weighted by Crippen LogP contribution is 2.30. The van der Waals surface area contributed by atoms with Gasteiger partial charge in [0.15, 0.2) is 9.84 Å². The fourth-order valence-electron chi connectivity index (χ4n) is 3.73. The van der Waals surface area contributed by atoms with Gasteiger partial charge < -0.3 is 10.5 Å². The summed E-state index contributed by atoms with van der Waals surface area (Å²) in [7, 11) is -3.63. The molecule has 0 aliphatic carbocycles. The number of para-hydroxylation sites is 1. The molecule has 1 unspecified atom stereocenters. The van der Waals surface area contributed by atoms with E-state index in [-0.39, 0.29) is 12.8 Å². The second kappa shape index (κ2) is 9.48. The van der Waals surface area contributed by atoms with Gasteiger partial charge in [-0.15, -0.1) is 0 Å². The summed E-state index contributed by atoms with van der Waals surface area (Å²) in [5, 5.41) is -0.262. The maximum absolute atomic E-state index is 12.7. The standard InChI is InChI=1S/C25H23N3O5S/c1-34(31,32)25(11-10-23(26)29)28-15-13-18(16-24(28)30)17-6-8-19(9-7-17)33-22-12-14-27-21-5-3-2-4-20(21)22/h2-9,12-16,25H,10-11H2,1H3,(H2,26,29). The van der Waals surface area contributed by atoms with E-state index in [2.05, 4.69) is 4.98 Å². The summed E-state index contributed by atoms with van der Waals surface area (Å²) in [5.41, 5.74) is 6.90. The predicted molar refractivity (Wildman–Crippen MR) is 130 cm³/mol. The molecule has 0 radical (unpaired) electrons. The Morgan fingerprint density at radius 1 is 1.06 bits per heavy atom. The molecule has 0 bridgehead atoms. The van der Waals surface area contributed by atoms with Crippen molar-refractivity contribution in [1.29, 1.82) is 0 Å². The van der Waals surface area contributed by atoms with Crippen LogP contribution in [0.2, 0.25) is 0 Å². The van der Waals surface area contributed by atoms with Crippen molar-refractivity contribution in [3.05, 3.63) is 89.5 Å². The highest BCUT2D eigenvalue weighted by molar-refractivity contribution is 7.90. The SMILES string of the molecule is CS(=O)(=O)C(CCC(N)=O)n1ccc(-c2ccc(Oc3ccnc4ccccc34)cc2)cc1=O. The van der Waals surface area contributed by atoms with Crippen LogP contribution in [0.4, 0.5) is 0 Å². The number of amides is 1. The van der Waals surface area contributed by atoms with E-state index in [1.807, 2.05) is 36.4 Å². The quantitative estimate of drug-likeness (QED) is 0.413. The number of fused-ring (bicyclic) bond motifs is 1. The lowest BCUT2D eigenvalue weighted by atomic mass is 10.1. The zero-order valence-electron chi connectivity index (χ0n) is 18.4. The zero-order chi connectivity index (χ0) is 24.3. The van der Waals surface area contributed by atoms with Crippen molar-refractivity contribution in [1.82, 2.24) is 9.55 Å². The first-order valence-corrected chi connectivity index (χ1v) is 12.5. The maximum atomic E-state index is 12.7. The third-order valence-corrected chi connectivity index (χ3v) is 6.87. The fourth-order valence-corrected chi connectivity index (χ4v) is 4.87. The summed E-state index contributed by atoms with van der Waals surface area (Å²) in [6.45, 7) is 0. The van der Waals surface area contributed by atoms with Crippen molar-refractivity contribution in [2.24, 2.45) is 5.73 Å². The summed E-state index contributed by atoms with van der Waals surface area (Å²) >= 11 is 0. The molecule has 0 saturated heterocycles. The molecule has 1 amide bonds. The molecule has 4 rings (SSSR count). The molecule has 2 aromatic heterocycles. The molecule has 2 N–H and O–H groups in total. The average molecular weight is 478 g/mol. The summed E-state index contributed by atoms with van der Waals surface area (Å²) in [6, 6.07) is 19.7. The normalized spacial score (nSPS) is 12.4. The van der Waals surface area contributed by atoms with Crippen LogP contribution in [0.3, 0.4) is 0 Å². The third kappa shape index (κ3) is 5.15. The van der Waals surface area contributed by atoms with Gasteiger partial charge in [0.2, 0.25) is 5.91 Å². The van der Waals surface area contributed by atoms with Gasteiger partial charge in [0.05, 0.1) is 5.52 Å². The van der Waals surface area contributed by atoms with E-state index in [1.54, 1.807) is 30.5 Å². The minimum Gasteiger partial charge on any atom is -0.457 e. The number of sulfone groups is 1. The molecule has 0 aliphatic heterocycles. The number of hydrogen-bond donors (Lipinski definition) is 1. The lowest BCUT2D eigenvalue weighted by Crippen LogP contribution is -2.29. The molecule has 2 aromatic carbocycles. The van der Waals surface area contributed by atoms with Gasteiger partial charge in [0.25, 0.3) is 5.56 Å². The van der Waals surface area contributed by atoms with Gasteiger partial charge in [-0.1, -0.05) is 24.3 Å². The van der Waals surface area contributed by atoms with Gasteiger partial charge in [-0.2, -0.15) is 0 Å². The van der Waals surface area contributed by atoms with Crippen LogP contribution in [0.25, 0.3) is 22.0 Å². The molecule has 2 heterocycles. The average Bonchev–Trinajstić information content (AvgIpc) is 2.80. The number of ether oxygens (including phenoxy) is 1. The smallest absolute Gasteiger partial charge is 0.252 e. The fraction of sp³-hybridized carbons (Fsp3) is 0.160. The topological polar surface area (TPSA) is 121 Å². The van der Waals surface area contributed by atoms with Crippen LogP contribution in [-0.2, 0) is 14.6 Å². The Bertz CT molecular complexity index is 1510. The van der Waals surface area contributed by atoms with Gasteiger partial charge in [0, 0.05) is 36.5 Å². The number of carbonyl (C=O) groups is 1. The van der Waals surface area contributed by atoms with Crippen LogP contribution in [0.1, 0.15) is 18.2 Å². The van der Waals surface area contributed by atoms with E-state index in [9.17, 15) is 18.0 Å². The van der Waals surface area contributed by atoms with Crippen molar-refractivity contribution in [3.63, 3.8) is 0 Å². The molecular formula is C25H23N3O5S. The highest BCUT2D eigenvalue weighted by Gasteiger charge is 2.24. The van der Waals surface area contributed by atoms with E-state index in [1.165, 1.54) is 12.3 Å². The van der Waals surface area contributed by atoms with Crippen molar-refractivity contribution < 1.29 is 17.9 Å². The Balaban J connectivity index is 1.57. The molecule has 0 spiro atoms. The van der Waals surface area contributed by atoms with E-state index >= 15 is 0 Å². The molecule has 0 saturated carbocycles. The Morgan fingerprint density at radius 2 is 1.79 bits per heavy atom. The maximum Gasteiger partial charge on any atom is 0.252 e. The number of primary amides is 1. The highest BCUT2D eigenvalue weighted by atomic mass is 32.2. The van der Waals surface area contributed by atoms with Crippen LogP contribution in [-0.4, -0.2) is 30.1 Å². The van der Waals surface area contributed by atoms with E-state index in [0.717, 1.165) is 27.3 Å². The third-order valence-electron chi connectivity index (χ3n) is 5.41. The second-order valence-electron chi connectivity index (χ2n) is 7.90. The summed E-state index contributed by atoms with van der Waals surface area (Å²) in [6.07, 6.45) is 3.94. The molecule has 8 nitrogen and oxygen atoms in total. The first kappa shape index (κ1) is 23.2. The molecule has 9 heteroatoms. The number of benzene rings is 2. The Labute approximate surface area is 196 Å². The minimum atomic E-state index is -3.63. The van der Waals surface area contributed by atoms with Gasteiger partial charge in [-0.3, -0.25) is 19.1 Å². The molecule has 174 valence electrons. The number of carbonyl (C=O) groups excluding carboxylic acids is 1. The Morgan fingerprint density at radius 3 is 2.47 bits per heavy atom. The molecule has 34 heavy (non-hydrogen) atoms. The van der Waals surface area contributed by atoms with Gasteiger partial charge in [-0.25, -0.2) is 8.42 Å². The molecule has 0 aliphatic rings. The number of nitrogens with two attached hydrogens (primary N) is 1. The van der Waals surface area contributed by atoms with Crippen molar-refractivity contribution >= 4 is 26.6 Å². The monoisotopic (exact) mass is 477 g/mol. The van der Waals surface area contributed by atoms with Crippen LogP contribution in [0, 0.1) is 0 Å². The largest absolute Gasteiger partial charge is 0.457 e. The van der Waals surface area contributed by atoms with Crippen LogP contribution >= 0.6 is 0 Å². The van der Waals surface area contributed by atoms with Crippen LogP contribution in [0.5, 0.6) is 11.5 Å². The lowest BCUT2D eigenvalue weighted by Gasteiger charge is -2.18. The second-order valence-corrected chi connectivity index (χ2v) is 10.1. The van der Waals surface area contributed by atoms with E-state index in [0.29, 0.717) is 17.1 Å². The number of nitrogens with zero attached hydrogens (tertiary/aromatic N) is 2. The molecule has 0 fully saturated rings. The Hall–Kier alpha value is -3.98. The number of aromatic nitrogens is 2. The van der Waals surface area contributed by atoms with Crippen molar-refractivity contribution in [3.8, 4) is 22.6 Å². The summed E-state index contributed by atoms with van der Waals surface area (Å²) in [5.74, 6) is 0.682. The predicted octanol–water partition coefficient (Wildman–Crippen LogP) is 3.66. The minimum absolute atomic E-state index is 0.0663.